The summed E-state index contributed by atoms with van der Waals surface area (Å²) in [6.45, 7) is 0.334. The van der Waals surface area contributed by atoms with Crippen molar-refractivity contribution in [3.8, 4) is 11.5 Å². The third-order valence-corrected chi connectivity index (χ3v) is 3.92. The van der Waals surface area contributed by atoms with Crippen molar-refractivity contribution in [2.45, 2.75) is 6.29 Å². The number of para-hydroxylation sites is 1. The monoisotopic (exact) mass is 374 g/mol. The standard InChI is InChI=1S/C18H19FN4O4/c1-23-16-11(9-20-18(22-16)21-10-15(25-2)26-3)8-14(17(23)24)27-13-7-5-4-6-12(13)19/h4-9,15H,10H2,1-3H3,(H,20,21,22). The molecule has 142 valence electrons. The van der Waals surface area contributed by atoms with E-state index in [0.29, 0.717) is 23.5 Å². The summed E-state index contributed by atoms with van der Waals surface area (Å²) in [5.74, 6) is -0.280. The van der Waals surface area contributed by atoms with Crippen LogP contribution >= 0.6 is 0 Å². The SMILES string of the molecule is COC(CNc1ncc2cc(Oc3ccccc3F)c(=O)n(C)c2n1)OC. The molecule has 27 heavy (non-hydrogen) atoms. The smallest absolute Gasteiger partial charge is 0.294 e. The predicted molar refractivity (Wildman–Crippen MR) is 97.5 cm³/mol. The van der Waals surface area contributed by atoms with Crippen LogP contribution in [0.5, 0.6) is 11.5 Å². The highest BCUT2D eigenvalue weighted by molar-refractivity contribution is 5.76. The maximum absolute atomic E-state index is 13.8. The lowest BCUT2D eigenvalue weighted by Crippen LogP contribution is -2.25. The molecular weight excluding hydrogens is 355 g/mol. The average Bonchev–Trinajstić information content (AvgIpc) is 2.68. The number of nitrogens with one attached hydrogen (secondary N) is 1. The molecule has 3 aromatic rings. The largest absolute Gasteiger partial charge is 0.448 e. The highest BCUT2D eigenvalue weighted by atomic mass is 19.1. The molecule has 0 fully saturated rings. The van der Waals surface area contributed by atoms with Gasteiger partial charge in [0.1, 0.15) is 5.65 Å². The van der Waals surface area contributed by atoms with E-state index in [0.717, 1.165) is 0 Å². The van der Waals surface area contributed by atoms with Crippen LogP contribution in [0.4, 0.5) is 10.3 Å². The quantitative estimate of drug-likeness (QED) is 0.635. The van der Waals surface area contributed by atoms with Gasteiger partial charge in [-0.15, -0.1) is 0 Å². The number of fused-ring (bicyclic) bond motifs is 1. The van der Waals surface area contributed by atoms with Crippen molar-refractivity contribution in [1.82, 2.24) is 14.5 Å². The van der Waals surface area contributed by atoms with E-state index in [-0.39, 0.29) is 11.5 Å². The van der Waals surface area contributed by atoms with Crippen LogP contribution in [-0.4, -0.2) is 41.6 Å². The van der Waals surface area contributed by atoms with E-state index in [1.807, 2.05) is 0 Å². The zero-order valence-electron chi connectivity index (χ0n) is 15.1. The van der Waals surface area contributed by atoms with Crippen LogP contribution in [0.25, 0.3) is 11.0 Å². The summed E-state index contributed by atoms with van der Waals surface area (Å²) in [6.07, 6.45) is 1.09. The molecule has 1 N–H and O–H groups in total. The van der Waals surface area contributed by atoms with E-state index in [1.165, 1.54) is 37.0 Å². The normalized spacial score (nSPS) is 11.1. The van der Waals surface area contributed by atoms with E-state index >= 15 is 0 Å². The summed E-state index contributed by atoms with van der Waals surface area (Å²) >= 11 is 0. The van der Waals surface area contributed by atoms with Gasteiger partial charge in [0.15, 0.2) is 23.6 Å². The minimum absolute atomic E-state index is 0.0155. The lowest BCUT2D eigenvalue weighted by molar-refractivity contribution is -0.0914. The highest BCUT2D eigenvalue weighted by Crippen LogP contribution is 2.24. The zero-order valence-corrected chi connectivity index (χ0v) is 15.1. The Morgan fingerprint density at radius 1 is 1.22 bits per heavy atom. The van der Waals surface area contributed by atoms with Gasteiger partial charge < -0.3 is 19.5 Å². The lowest BCUT2D eigenvalue weighted by Gasteiger charge is -2.14. The Morgan fingerprint density at radius 2 is 1.96 bits per heavy atom. The van der Waals surface area contributed by atoms with Crippen LogP contribution in [0.3, 0.4) is 0 Å². The van der Waals surface area contributed by atoms with Crippen molar-refractivity contribution in [3.63, 3.8) is 0 Å². The molecule has 0 saturated carbocycles. The Hall–Kier alpha value is -3.04. The van der Waals surface area contributed by atoms with E-state index in [4.69, 9.17) is 14.2 Å². The highest BCUT2D eigenvalue weighted by Gasteiger charge is 2.13. The number of benzene rings is 1. The van der Waals surface area contributed by atoms with Crippen LogP contribution in [0.1, 0.15) is 0 Å². The van der Waals surface area contributed by atoms with E-state index < -0.39 is 17.7 Å². The first-order valence-electron chi connectivity index (χ1n) is 8.12. The molecule has 0 saturated heterocycles. The molecule has 3 rings (SSSR count). The number of pyridine rings is 1. The first-order valence-corrected chi connectivity index (χ1v) is 8.12. The van der Waals surface area contributed by atoms with Gasteiger partial charge in [-0.2, -0.15) is 4.98 Å². The number of hydrogen-bond donors (Lipinski definition) is 1. The van der Waals surface area contributed by atoms with Crippen LogP contribution in [-0.2, 0) is 16.5 Å². The Morgan fingerprint density at radius 3 is 2.67 bits per heavy atom. The van der Waals surface area contributed by atoms with Crippen molar-refractivity contribution in [2.24, 2.45) is 7.05 Å². The number of ether oxygens (including phenoxy) is 3. The second-order valence-electron chi connectivity index (χ2n) is 5.66. The second kappa shape index (κ2) is 8.11. The molecule has 0 amide bonds. The molecule has 0 unspecified atom stereocenters. The number of nitrogens with zero attached hydrogens (tertiary/aromatic N) is 3. The fourth-order valence-electron chi connectivity index (χ4n) is 2.46. The fourth-order valence-corrected chi connectivity index (χ4v) is 2.46. The number of aromatic nitrogens is 3. The molecule has 2 aromatic heterocycles. The average molecular weight is 374 g/mol. The van der Waals surface area contributed by atoms with Gasteiger partial charge in [0.05, 0.1) is 6.54 Å². The van der Waals surface area contributed by atoms with Crippen molar-refractivity contribution in [1.29, 1.82) is 0 Å². The molecule has 0 aliphatic carbocycles. The molecule has 0 radical (unpaired) electrons. The summed E-state index contributed by atoms with van der Waals surface area (Å²) < 4.78 is 30.8. The maximum Gasteiger partial charge on any atom is 0.294 e. The molecule has 1 aromatic carbocycles. The number of anilines is 1. The van der Waals surface area contributed by atoms with E-state index in [9.17, 15) is 9.18 Å². The van der Waals surface area contributed by atoms with Crippen molar-refractivity contribution >= 4 is 17.0 Å². The Balaban J connectivity index is 1.92. The van der Waals surface area contributed by atoms with Crippen molar-refractivity contribution in [2.75, 3.05) is 26.1 Å². The molecule has 0 atom stereocenters. The second-order valence-corrected chi connectivity index (χ2v) is 5.66. The summed E-state index contributed by atoms with van der Waals surface area (Å²) in [5.41, 5.74) is -0.0353. The topological polar surface area (TPSA) is 87.5 Å². The Labute approximate surface area is 154 Å². The van der Waals surface area contributed by atoms with Gasteiger partial charge in [-0.05, 0) is 18.2 Å². The Bertz CT molecular complexity index is 1000. The van der Waals surface area contributed by atoms with Gasteiger partial charge in [0.2, 0.25) is 5.95 Å². The molecule has 2 heterocycles. The van der Waals surface area contributed by atoms with E-state index in [2.05, 4.69) is 15.3 Å². The van der Waals surface area contributed by atoms with Gasteiger partial charge >= 0.3 is 0 Å². The summed E-state index contributed by atoms with van der Waals surface area (Å²) in [5, 5.41) is 3.55. The minimum Gasteiger partial charge on any atom is -0.448 e. The lowest BCUT2D eigenvalue weighted by atomic mass is 10.3. The fraction of sp³-hybridized carbons (Fsp3) is 0.278. The summed E-state index contributed by atoms with van der Waals surface area (Å²) in [7, 11) is 4.61. The third-order valence-electron chi connectivity index (χ3n) is 3.92. The third kappa shape index (κ3) is 4.04. The molecule has 8 nitrogen and oxygen atoms in total. The van der Waals surface area contributed by atoms with E-state index in [1.54, 1.807) is 25.4 Å². The van der Waals surface area contributed by atoms with Crippen LogP contribution in [0.15, 0.2) is 41.3 Å². The van der Waals surface area contributed by atoms with Crippen molar-refractivity contribution in [3.05, 3.63) is 52.7 Å². The van der Waals surface area contributed by atoms with Gasteiger partial charge in [0, 0.05) is 32.9 Å². The number of hydrogen-bond acceptors (Lipinski definition) is 7. The number of aryl methyl sites for hydroxylation is 1. The number of halogens is 1. The molecule has 0 bridgehead atoms. The summed E-state index contributed by atoms with van der Waals surface area (Å²) in [6, 6.07) is 7.36. The maximum atomic E-state index is 13.8. The van der Waals surface area contributed by atoms with Crippen LogP contribution in [0, 0.1) is 5.82 Å². The first kappa shape index (κ1) is 18.7. The number of methoxy groups -OCH3 is 2. The molecule has 9 heteroatoms. The molecular formula is C18H19FN4O4. The Kier molecular flexibility index (Phi) is 5.63. The van der Waals surface area contributed by atoms with Gasteiger partial charge in [0.25, 0.3) is 5.56 Å². The van der Waals surface area contributed by atoms with Crippen molar-refractivity contribution < 1.29 is 18.6 Å². The predicted octanol–water partition coefficient (Wildman–Crippen LogP) is 2.29. The van der Waals surface area contributed by atoms with Crippen LogP contribution < -0.4 is 15.6 Å². The molecule has 0 aliphatic rings. The van der Waals surface area contributed by atoms with Gasteiger partial charge in [-0.1, -0.05) is 12.1 Å². The van der Waals surface area contributed by atoms with Crippen LogP contribution in [0.2, 0.25) is 0 Å². The zero-order chi connectivity index (χ0) is 19.4. The first-order chi connectivity index (χ1) is 13.0. The van der Waals surface area contributed by atoms with Gasteiger partial charge in [-0.25, -0.2) is 9.37 Å². The molecule has 0 aliphatic heterocycles. The summed E-state index contributed by atoms with van der Waals surface area (Å²) in [4.78, 5) is 21.1. The van der Waals surface area contributed by atoms with Gasteiger partial charge in [-0.3, -0.25) is 9.36 Å². The number of rotatable bonds is 7. The minimum atomic E-state index is -0.554. The molecule has 0 spiro atoms.